The Hall–Kier alpha value is -0.790. The van der Waals surface area contributed by atoms with Gasteiger partial charge in [0.1, 0.15) is 0 Å². The Morgan fingerprint density at radius 3 is 2.73 bits per heavy atom. The van der Waals surface area contributed by atoms with Crippen molar-refractivity contribution in [3.63, 3.8) is 0 Å². The maximum atomic E-state index is 4.52. The Labute approximate surface area is 93.8 Å². The summed E-state index contributed by atoms with van der Waals surface area (Å²) in [5.41, 5.74) is 4.48. The lowest BCUT2D eigenvalue weighted by molar-refractivity contribution is 0.432. The highest BCUT2D eigenvalue weighted by molar-refractivity contribution is 5.86. The third-order valence-corrected chi connectivity index (χ3v) is 3.04. The maximum Gasteiger partial charge on any atom is 0.0507 e. The van der Waals surface area contributed by atoms with Gasteiger partial charge in [0.15, 0.2) is 0 Å². The van der Waals surface area contributed by atoms with Crippen LogP contribution in [0.5, 0.6) is 0 Å². The standard InChI is InChI=1S/C13H24N2/c1-3-8-13(15-14-11-4-2)12-9-6-5-7-10-12/h4,12,14H,2-3,5-11H2,1H3/b15-13+. The monoisotopic (exact) mass is 208 g/mol. The zero-order chi connectivity index (χ0) is 10.9. The van der Waals surface area contributed by atoms with E-state index < -0.39 is 0 Å². The molecule has 0 aliphatic heterocycles. The first-order chi connectivity index (χ1) is 7.38. The fraction of sp³-hybridized carbons (Fsp3) is 0.769. The van der Waals surface area contributed by atoms with Gasteiger partial charge in [0.05, 0.1) is 6.54 Å². The average molecular weight is 208 g/mol. The van der Waals surface area contributed by atoms with E-state index in [1.807, 2.05) is 6.08 Å². The maximum absolute atomic E-state index is 4.52. The fourth-order valence-corrected chi connectivity index (χ4v) is 2.26. The lowest BCUT2D eigenvalue weighted by Crippen LogP contribution is -2.21. The van der Waals surface area contributed by atoms with Crippen molar-refractivity contribution >= 4 is 5.71 Å². The minimum atomic E-state index is 0.746. The zero-order valence-corrected chi connectivity index (χ0v) is 9.97. The van der Waals surface area contributed by atoms with Crippen LogP contribution in [-0.2, 0) is 0 Å². The van der Waals surface area contributed by atoms with Crippen LogP contribution in [0.3, 0.4) is 0 Å². The van der Waals surface area contributed by atoms with E-state index in [0.29, 0.717) is 0 Å². The van der Waals surface area contributed by atoms with E-state index in [9.17, 15) is 0 Å². The molecule has 0 heterocycles. The Morgan fingerprint density at radius 1 is 1.40 bits per heavy atom. The third-order valence-electron chi connectivity index (χ3n) is 3.04. The molecule has 0 atom stereocenters. The molecule has 0 spiro atoms. The summed E-state index contributed by atoms with van der Waals surface area (Å²) in [7, 11) is 0. The van der Waals surface area contributed by atoms with Crippen molar-refractivity contribution in [3.8, 4) is 0 Å². The third kappa shape index (κ3) is 4.50. The summed E-state index contributed by atoms with van der Waals surface area (Å²) in [6, 6.07) is 0. The van der Waals surface area contributed by atoms with Gasteiger partial charge in [-0.2, -0.15) is 5.10 Å². The molecule has 0 aromatic rings. The van der Waals surface area contributed by atoms with Gasteiger partial charge in [0.2, 0.25) is 0 Å². The summed E-state index contributed by atoms with van der Waals surface area (Å²) in [5, 5.41) is 4.52. The van der Waals surface area contributed by atoms with Crippen LogP contribution in [0, 0.1) is 5.92 Å². The molecule has 0 unspecified atom stereocenters. The quantitative estimate of drug-likeness (QED) is 0.307. The summed E-state index contributed by atoms with van der Waals surface area (Å²) in [6.45, 7) is 6.69. The molecular weight excluding hydrogens is 184 g/mol. The predicted molar refractivity (Wildman–Crippen MR) is 67.1 cm³/mol. The number of hydrogen-bond donors (Lipinski definition) is 1. The number of rotatable bonds is 6. The molecule has 2 heteroatoms. The van der Waals surface area contributed by atoms with Gasteiger partial charge in [-0.05, 0) is 25.2 Å². The number of nitrogens with zero attached hydrogens (tertiary/aromatic N) is 1. The molecule has 0 bridgehead atoms. The molecule has 1 rings (SSSR count). The second-order valence-electron chi connectivity index (χ2n) is 4.34. The van der Waals surface area contributed by atoms with E-state index in [4.69, 9.17) is 0 Å². The lowest BCUT2D eigenvalue weighted by Gasteiger charge is -2.23. The van der Waals surface area contributed by atoms with Crippen molar-refractivity contribution in [2.75, 3.05) is 6.54 Å². The number of hydrogen-bond acceptors (Lipinski definition) is 2. The first kappa shape index (κ1) is 12.3. The van der Waals surface area contributed by atoms with Crippen LogP contribution >= 0.6 is 0 Å². The molecule has 2 nitrogen and oxygen atoms in total. The molecule has 86 valence electrons. The molecular formula is C13H24N2. The smallest absolute Gasteiger partial charge is 0.0507 e. The van der Waals surface area contributed by atoms with Gasteiger partial charge >= 0.3 is 0 Å². The van der Waals surface area contributed by atoms with Crippen LogP contribution in [-0.4, -0.2) is 12.3 Å². The van der Waals surface area contributed by atoms with Crippen molar-refractivity contribution in [1.82, 2.24) is 5.43 Å². The van der Waals surface area contributed by atoms with Gasteiger partial charge < -0.3 is 5.43 Å². The van der Waals surface area contributed by atoms with E-state index in [-0.39, 0.29) is 0 Å². The summed E-state index contributed by atoms with van der Waals surface area (Å²) in [5.74, 6) is 0.746. The molecule has 0 aromatic heterocycles. The van der Waals surface area contributed by atoms with E-state index >= 15 is 0 Å². The van der Waals surface area contributed by atoms with Crippen LogP contribution in [0.1, 0.15) is 51.9 Å². The first-order valence-electron chi connectivity index (χ1n) is 6.28. The van der Waals surface area contributed by atoms with Gasteiger partial charge in [-0.1, -0.05) is 38.7 Å². The molecule has 15 heavy (non-hydrogen) atoms. The molecule has 1 aliphatic rings. The Kier molecular flexibility index (Phi) is 6.14. The highest BCUT2D eigenvalue weighted by Crippen LogP contribution is 2.26. The average Bonchev–Trinajstić information content (AvgIpc) is 2.29. The molecule has 0 radical (unpaired) electrons. The van der Waals surface area contributed by atoms with Gasteiger partial charge in [-0.15, -0.1) is 6.58 Å². The van der Waals surface area contributed by atoms with Crippen molar-refractivity contribution in [3.05, 3.63) is 12.7 Å². The highest BCUT2D eigenvalue weighted by atomic mass is 15.3. The summed E-state index contributed by atoms with van der Waals surface area (Å²) < 4.78 is 0. The minimum absolute atomic E-state index is 0.746. The normalized spacial score (nSPS) is 18.9. The Balaban J connectivity index is 2.46. The largest absolute Gasteiger partial charge is 0.306 e. The Bertz CT molecular complexity index is 203. The molecule has 1 fully saturated rings. The van der Waals surface area contributed by atoms with Gasteiger partial charge in [0.25, 0.3) is 0 Å². The van der Waals surface area contributed by atoms with Crippen LogP contribution < -0.4 is 5.43 Å². The van der Waals surface area contributed by atoms with E-state index in [2.05, 4.69) is 24.0 Å². The molecule has 1 saturated carbocycles. The summed E-state index contributed by atoms with van der Waals surface area (Å²) in [4.78, 5) is 0. The van der Waals surface area contributed by atoms with Crippen molar-refractivity contribution in [2.24, 2.45) is 11.0 Å². The molecule has 0 amide bonds. The lowest BCUT2D eigenvalue weighted by atomic mass is 9.84. The van der Waals surface area contributed by atoms with E-state index in [1.54, 1.807) is 0 Å². The second-order valence-corrected chi connectivity index (χ2v) is 4.34. The predicted octanol–water partition coefficient (Wildman–Crippen LogP) is 3.50. The van der Waals surface area contributed by atoms with E-state index in [0.717, 1.165) is 18.9 Å². The number of hydrazone groups is 1. The van der Waals surface area contributed by atoms with Crippen LogP contribution in [0.15, 0.2) is 17.8 Å². The minimum Gasteiger partial charge on any atom is -0.306 e. The van der Waals surface area contributed by atoms with Crippen molar-refractivity contribution in [1.29, 1.82) is 0 Å². The first-order valence-corrected chi connectivity index (χ1v) is 6.28. The summed E-state index contributed by atoms with van der Waals surface area (Å²) in [6.07, 6.45) is 11.1. The molecule has 0 aromatic carbocycles. The molecule has 1 N–H and O–H groups in total. The van der Waals surface area contributed by atoms with Gasteiger partial charge in [-0.25, -0.2) is 0 Å². The topological polar surface area (TPSA) is 24.4 Å². The summed E-state index contributed by atoms with van der Waals surface area (Å²) >= 11 is 0. The van der Waals surface area contributed by atoms with Crippen LogP contribution in [0.2, 0.25) is 0 Å². The van der Waals surface area contributed by atoms with Crippen LogP contribution in [0.4, 0.5) is 0 Å². The second kappa shape index (κ2) is 7.49. The van der Waals surface area contributed by atoms with Gasteiger partial charge in [0, 0.05) is 5.71 Å². The zero-order valence-electron chi connectivity index (χ0n) is 9.97. The van der Waals surface area contributed by atoms with Crippen molar-refractivity contribution < 1.29 is 0 Å². The number of nitrogens with one attached hydrogen (secondary N) is 1. The molecule has 0 saturated heterocycles. The van der Waals surface area contributed by atoms with E-state index in [1.165, 1.54) is 44.2 Å². The Morgan fingerprint density at radius 2 is 2.13 bits per heavy atom. The van der Waals surface area contributed by atoms with Gasteiger partial charge in [-0.3, -0.25) is 0 Å². The fourth-order valence-electron chi connectivity index (χ4n) is 2.26. The van der Waals surface area contributed by atoms with Crippen molar-refractivity contribution in [2.45, 2.75) is 51.9 Å². The highest BCUT2D eigenvalue weighted by Gasteiger charge is 2.18. The van der Waals surface area contributed by atoms with Crippen LogP contribution in [0.25, 0.3) is 0 Å². The molecule has 1 aliphatic carbocycles. The SMILES string of the molecule is C=CCN/N=C(\CCC)C1CCCCC1.